The van der Waals surface area contributed by atoms with Gasteiger partial charge >= 0.3 is 0 Å². The Kier molecular flexibility index (Phi) is 5.02. The highest BCUT2D eigenvalue weighted by atomic mass is 32.2. The SMILES string of the molecule is Nc1nnc(SCC(=O)Nc2nc(-c3ccc(F)c(F)c3)cs2)s1. The number of thioether (sulfide) groups is 1. The molecule has 0 aliphatic rings. The van der Waals surface area contributed by atoms with E-state index in [0.717, 1.165) is 12.1 Å². The average molecular weight is 385 g/mol. The summed E-state index contributed by atoms with van der Waals surface area (Å²) in [6.07, 6.45) is 0. The fourth-order valence-corrected chi connectivity index (χ4v) is 3.85. The van der Waals surface area contributed by atoms with E-state index in [1.807, 2.05) is 0 Å². The van der Waals surface area contributed by atoms with E-state index in [1.54, 1.807) is 5.38 Å². The van der Waals surface area contributed by atoms with Crippen LogP contribution in [0.15, 0.2) is 27.9 Å². The van der Waals surface area contributed by atoms with Gasteiger partial charge in [-0.25, -0.2) is 13.8 Å². The van der Waals surface area contributed by atoms with Crippen LogP contribution in [0, 0.1) is 11.6 Å². The van der Waals surface area contributed by atoms with Crippen molar-refractivity contribution in [2.75, 3.05) is 16.8 Å². The fourth-order valence-electron chi connectivity index (χ4n) is 1.68. The van der Waals surface area contributed by atoms with Crippen molar-refractivity contribution < 1.29 is 13.6 Å². The van der Waals surface area contributed by atoms with Gasteiger partial charge in [-0.1, -0.05) is 23.1 Å². The van der Waals surface area contributed by atoms with Crippen molar-refractivity contribution in [1.82, 2.24) is 15.2 Å². The molecule has 2 aromatic heterocycles. The molecular weight excluding hydrogens is 376 g/mol. The number of carbonyl (C=O) groups is 1. The largest absolute Gasteiger partial charge is 0.374 e. The zero-order valence-corrected chi connectivity index (χ0v) is 14.3. The zero-order chi connectivity index (χ0) is 17.1. The number of rotatable bonds is 5. The molecule has 0 aliphatic heterocycles. The van der Waals surface area contributed by atoms with Crippen LogP contribution in [0.4, 0.5) is 19.0 Å². The minimum Gasteiger partial charge on any atom is -0.374 e. The third kappa shape index (κ3) is 4.04. The van der Waals surface area contributed by atoms with Gasteiger partial charge in [-0.2, -0.15) is 0 Å². The molecule has 0 spiro atoms. The van der Waals surface area contributed by atoms with Gasteiger partial charge in [0.25, 0.3) is 0 Å². The summed E-state index contributed by atoms with van der Waals surface area (Å²) in [5, 5.41) is 12.5. The summed E-state index contributed by atoms with van der Waals surface area (Å²) in [5.41, 5.74) is 6.35. The Labute approximate surface area is 147 Å². The van der Waals surface area contributed by atoms with E-state index in [4.69, 9.17) is 5.73 Å². The number of aromatic nitrogens is 3. The van der Waals surface area contributed by atoms with Crippen LogP contribution in [-0.4, -0.2) is 26.8 Å². The summed E-state index contributed by atoms with van der Waals surface area (Å²) >= 11 is 3.61. The van der Waals surface area contributed by atoms with Crippen LogP contribution >= 0.6 is 34.4 Å². The molecule has 6 nitrogen and oxygen atoms in total. The molecule has 0 bridgehead atoms. The van der Waals surface area contributed by atoms with E-state index >= 15 is 0 Å². The van der Waals surface area contributed by atoms with Crippen LogP contribution in [-0.2, 0) is 4.79 Å². The number of nitrogens with two attached hydrogens (primary N) is 1. The maximum Gasteiger partial charge on any atom is 0.236 e. The number of nitrogens with zero attached hydrogens (tertiary/aromatic N) is 3. The monoisotopic (exact) mass is 385 g/mol. The Morgan fingerprint density at radius 3 is 2.83 bits per heavy atom. The van der Waals surface area contributed by atoms with Gasteiger partial charge in [0.1, 0.15) is 0 Å². The molecule has 0 saturated heterocycles. The lowest BCUT2D eigenvalue weighted by Crippen LogP contribution is -2.13. The molecule has 0 radical (unpaired) electrons. The molecule has 2 heterocycles. The van der Waals surface area contributed by atoms with Crippen molar-refractivity contribution in [3.8, 4) is 11.3 Å². The standard InChI is InChI=1S/C13H9F2N5OS3/c14-7-2-1-6(3-8(7)15)9-4-22-12(17-9)18-10(21)5-23-13-20-19-11(16)24-13/h1-4H,5H2,(H2,16,19)(H,17,18,21). The smallest absolute Gasteiger partial charge is 0.236 e. The molecule has 0 atom stereocenters. The molecule has 0 unspecified atom stereocenters. The van der Waals surface area contributed by atoms with Crippen LogP contribution in [0.2, 0.25) is 0 Å². The number of amides is 1. The minimum absolute atomic E-state index is 0.134. The molecule has 0 aliphatic carbocycles. The van der Waals surface area contributed by atoms with Crippen molar-refractivity contribution >= 4 is 50.6 Å². The topological polar surface area (TPSA) is 93.8 Å². The quantitative estimate of drug-likeness (QED) is 0.655. The molecule has 3 aromatic rings. The number of nitrogen functional groups attached to an aromatic ring is 1. The van der Waals surface area contributed by atoms with Gasteiger partial charge in [0.05, 0.1) is 11.4 Å². The highest BCUT2D eigenvalue weighted by molar-refractivity contribution is 8.01. The van der Waals surface area contributed by atoms with Gasteiger partial charge < -0.3 is 11.1 Å². The first-order valence-electron chi connectivity index (χ1n) is 6.44. The highest BCUT2D eigenvalue weighted by Gasteiger charge is 2.11. The van der Waals surface area contributed by atoms with Gasteiger partial charge in [0, 0.05) is 10.9 Å². The van der Waals surface area contributed by atoms with Crippen molar-refractivity contribution in [2.45, 2.75) is 4.34 Å². The van der Waals surface area contributed by atoms with Gasteiger partial charge in [0.15, 0.2) is 21.1 Å². The third-order valence-electron chi connectivity index (χ3n) is 2.71. The van der Waals surface area contributed by atoms with Crippen LogP contribution < -0.4 is 11.1 Å². The number of hydrogen-bond donors (Lipinski definition) is 2. The van der Waals surface area contributed by atoms with Crippen molar-refractivity contribution in [2.24, 2.45) is 0 Å². The number of anilines is 2. The first-order valence-corrected chi connectivity index (χ1v) is 9.12. The first-order chi connectivity index (χ1) is 11.5. The maximum absolute atomic E-state index is 13.3. The van der Waals surface area contributed by atoms with Crippen LogP contribution in [0.3, 0.4) is 0 Å². The van der Waals surface area contributed by atoms with E-state index in [1.165, 1.54) is 40.5 Å². The summed E-state index contributed by atoms with van der Waals surface area (Å²) in [5.74, 6) is -2.00. The van der Waals surface area contributed by atoms with Crippen molar-refractivity contribution in [1.29, 1.82) is 0 Å². The van der Waals surface area contributed by atoms with Crippen LogP contribution in [0.1, 0.15) is 0 Å². The molecule has 11 heteroatoms. The zero-order valence-electron chi connectivity index (χ0n) is 11.8. The number of benzene rings is 1. The number of thiazole rings is 1. The number of nitrogens with one attached hydrogen (secondary N) is 1. The maximum atomic E-state index is 13.3. The summed E-state index contributed by atoms with van der Waals surface area (Å²) < 4.78 is 26.8. The summed E-state index contributed by atoms with van der Waals surface area (Å²) in [6.45, 7) is 0. The van der Waals surface area contributed by atoms with Crippen molar-refractivity contribution in [3.05, 3.63) is 35.2 Å². The molecule has 124 valence electrons. The second kappa shape index (κ2) is 7.20. The predicted molar refractivity (Wildman–Crippen MR) is 91.1 cm³/mol. The summed E-state index contributed by atoms with van der Waals surface area (Å²) in [7, 11) is 0. The predicted octanol–water partition coefficient (Wildman–Crippen LogP) is 3.25. The third-order valence-corrected chi connectivity index (χ3v) is 5.36. The number of hydrogen-bond acceptors (Lipinski definition) is 8. The molecule has 0 saturated carbocycles. The minimum atomic E-state index is -0.946. The second-order valence-corrected chi connectivity index (χ2v) is 7.50. The van der Waals surface area contributed by atoms with Crippen LogP contribution in [0.5, 0.6) is 0 Å². The van der Waals surface area contributed by atoms with Gasteiger partial charge in [-0.05, 0) is 18.2 Å². The van der Waals surface area contributed by atoms with Crippen molar-refractivity contribution in [3.63, 3.8) is 0 Å². The molecule has 3 rings (SSSR count). The molecule has 1 aromatic carbocycles. The van der Waals surface area contributed by atoms with Crippen LogP contribution in [0.25, 0.3) is 11.3 Å². The average Bonchev–Trinajstić information content (AvgIpc) is 3.17. The Bertz CT molecular complexity index is 882. The Morgan fingerprint density at radius 1 is 1.29 bits per heavy atom. The Morgan fingerprint density at radius 2 is 2.12 bits per heavy atom. The highest BCUT2D eigenvalue weighted by Crippen LogP contribution is 2.27. The molecular formula is C13H9F2N5OS3. The fraction of sp³-hybridized carbons (Fsp3) is 0.0769. The Hall–Kier alpha value is -2.11. The van der Waals surface area contributed by atoms with E-state index in [2.05, 4.69) is 20.5 Å². The van der Waals surface area contributed by atoms with E-state index in [9.17, 15) is 13.6 Å². The van der Waals surface area contributed by atoms with E-state index in [-0.39, 0.29) is 11.7 Å². The van der Waals surface area contributed by atoms with E-state index in [0.29, 0.717) is 25.9 Å². The van der Waals surface area contributed by atoms with Gasteiger partial charge in [-0.3, -0.25) is 4.79 Å². The molecule has 3 N–H and O–H groups in total. The van der Waals surface area contributed by atoms with Gasteiger partial charge in [-0.15, -0.1) is 21.5 Å². The van der Waals surface area contributed by atoms with E-state index < -0.39 is 11.6 Å². The summed E-state index contributed by atoms with van der Waals surface area (Å²) in [4.78, 5) is 16.1. The summed E-state index contributed by atoms with van der Waals surface area (Å²) in [6, 6.07) is 3.52. The lowest BCUT2D eigenvalue weighted by molar-refractivity contribution is -0.113. The van der Waals surface area contributed by atoms with Gasteiger partial charge in [0.2, 0.25) is 11.0 Å². The first kappa shape index (κ1) is 16.7. The Balaban J connectivity index is 1.60. The molecule has 1 amide bonds. The number of carbonyl (C=O) groups excluding carboxylic acids is 1. The number of halogens is 2. The molecule has 0 fully saturated rings. The normalized spacial score (nSPS) is 10.8. The second-order valence-electron chi connectivity index (χ2n) is 4.41. The molecule has 24 heavy (non-hydrogen) atoms. The lowest BCUT2D eigenvalue weighted by Gasteiger charge is -2.00. The lowest BCUT2D eigenvalue weighted by atomic mass is 10.2.